The van der Waals surface area contributed by atoms with E-state index in [1.807, 2.05) is 19.9 Å². The highest BCUT2D eigenvalue weighted by atomic mass is 16.6. The molecular weight excluding hydrogens is 242 g/mol. The summed E-state index contributed by atoms with van der Waals surface area (Å²) in [5.41, 5.74) is 4.08. The predicted molar refractivity (Wildman–Crippen MR) is 70.9 cm³/mol. The molecule has 0 aromatic rings. The van der Waals surface area contributed by atoms with Crippen molar-refractivity contribution in [2.45, 2.75) is 39.7 Å². The van der Waals surface area contributed by atoms with Crippen molar-refractivity contribution in [3.63, 3.8) is 0 Å². The third-order valence-electron chi connectivity index (χ3n) is 4.88. The summed E-state index contributed by atoms with van der Waals surface area (Å²) in [6.07, 6.45) is 3.72. The fraction of sp³-hybridized carbons (Fsp3) is 0.600. The van der Waals surface area contributed by atoms with E-state index >= 15 is 0 Å². The van der Waals surface area contributed by atoms with Crippen LogP contribution in [0.1, 0.15) is 33.6 Å². The van der Waals surface area contributed by atoms with Crippen LogP contribution >= 0.6 is 0 Å². The lowest BCUT2D eigenvalue weighted by Gasteiger charge is -2.24. The standard InChI is InChI=1S/C15H19NO3/c1-7-4-5-10-9(3)15(17)19-14(10)13-8(2)6-11(16-18)12(7)13/h6,9-10,13-14,18H,4-5H2,1-3H3/b16-11-/t9-,10-,13-,14-/m0/s1. The smallest absolute Gasteiger partial charge is 0.309 e. The van der Waals surface area contributed by atoms with Crippen LogP contribution in [0.15, 0.2) is 28.0 Å². The number of allylic oxidation sites excluding steroid dienone is 2. The maximum atomic E-state index is 11.8. The summed E-state index contributed by atoms with van der Waals surface area (Å²) in [5.74, 6) is 0.231. The second-order valence-corrected chi connectivity index (χ2v) is 5.94. The minimum atomic E-state index is -0.0922. The van der Waals surface area contributed by atoms with Gasteiger partial charge in [-0.1, -0.05) is 23.2 Å². The van der Waals surface area contributed by atoms with E-state index in [2.05, 4.69) is 12.1 Å². The molecule has 19 heavy (non-hydrogen) atoms. The third kappa shape index (κ3) is 1.66. The number of fused-ring (bicyclic) bond motifs is 3. The molecule has 3 rings (SSSR count). The molecule has 0 saturated carbocycles. The van der Waals surface area contributed by atoms with Gasteiger partial charge in [-0.05, 0) is 38.3 Å². The lowest BCUT2D eigenvalue weighted by atomic mass is 9.81. The largest absolute Gasteiger partial charge is 0.461 e. The van der Waals surface area contributed by atoms with Gasteiger partial charge in [0.15, 0.2) is 0 Å². The highest BCUT2D eigenvalue weighted by Crippen LogP contribution is 2.47. The van der Waals surface area contributed by atoms with Gasteiger partial charge in [0.1, 0.15) is 11.8 Å². The van der Waals surface area contributed by atoms with E-state index in [9.17, 15) is 10.0 Å². The molecule has 1 saturated heterocycles. The number of nitrogens with zero attached hydrogens (tertiary/aromatic N) is 1. The van der Waals surface area contributed by atoms with Crippen molar-refractivity contribution in [2.75, 3.05) is 0 Å². The molecule has 0 spiro atoms. The first-order valence-electron chi connectivity index (χ1n) is 6.85. The molecular formula is C15H19NO3. The zero-order valence-corrected chi connectivity index (χ0v) is 11.5. The van der Waals surface area contributed by atoms with Crippen molar-refractivity contribution in [3.8, 4) is 0 Å². The van der Waals surface area contributed by atoms with Crippen LogP contribution in [0, 0.1) is 17.8 Å². The number of carbonyl (C=O) groups excluding carboxylic acids is 1. The van der Waals surface area contributed by atoms with Crippen LogP contribution in [0.25, 0.3) is 0 Å². The topological polar surface area (TPSA) is 58.9 Å². The Kier molecular flexibility index (Phi) is 2.77. The van der Waals surface area contributed by atoms with E-state index in [4.69, 9.17) is 4.74 Å². The van der Waals surface area contributed by atoms with Gasteiger partial charge in [0.25, 0.3) is 0 Å². The molecule has 1 aliphatic heterocycles. The van der Waals surface area contributed by atoms with Gasteiger partial charge in [-0.15, -0.1) is 0 Å². The highest BCUT2D eigenvalue weighted by molar-refractivity contribution is 6.12. The first-order chi connectivity index (χ1) is 9.04. The first kappa shape index (κ1) is 12.5. The van der Waals surface area contributed by atoms with Crippen molar-refractivity contribution in [2.24, 2.45) is 22.9 Å². The van der Waals surface area contributed by atoms with Gasteiger partial charge >= 0.3 is 5.97 Å². The fourth-order valence-electron chi connectivity index (χ4n) is 3.80. The Morgan fingerprint density at radius 3 is 2.84 bits per heavy atom. The summed E-state index contributed by atoms with van der Waals surface area (Å²) in [6, 6.07) is 0. The Morgan fingerprint density at radius 2 is 2.16 bits per heavy atom. The van der Waals surface area contributed by atoms with Crippen molar-refractivity contribution in [1.82, 2.24) is 0 Å². The minimum absolute atomic E-state index is 0.0277. The molecule has 1 heterocycles. The summed E-state index contributed by atoms with van der Waals surface area (Å²) in [5, 5.41) is 12.6. The average Bonchev–Trinajstić information content (AvgIpc) is 2.80. The highest BCUT2D eigenvalue weighted by Gasteiger charge is 2.50. The minimum Gasteiger partial charge on any atom is -0.461 e. The van der Waals surface area contributed by atoms with Gasteiger partial charge in [0, 0.05) is 11.8 Å². The molecule has 4 heteroatoms. The number of oxime groups is 1. The molecule has 0 aromatic carbocycles. The molecule has 1 fully saturated rings. The van der Waals surface area contributed by atoms with Crippen LogP contribution in [0.4, 0.5) is 0 Å². The molecule has 3 aliphatic rings. The Bertz CT molecular complexity index is 530. The van der Waals surface area contributed by atoms with E-state index in [-0.39, 0.29) is 29.8 Å². The number of hydrogen-bond acceptors (Lipinski definition) is 4. The zero-order valence-electron chi connectivity index (χ0n) is 11.5. The lowest BCUT2D eigenvalue weighted by Crippen LogP contribution is -2.28. The second-order valence-electron chi connectivity index (χ2n) is 5.94. The number of ether oxygens (including phenoxy) is 1. The molecule has 1 N–H and O–H groups in total. The zero-order chi connectivity index (χ0) is 13.7. The van der Waals surface area contributed by atoms with Crippen LogP contribution < -0.4 is 0 Å². The van der Waals surface area contributed by atoms with Crippen molar-refractivity contribution < 1.29 is 14.7 Å². The molecule has 4 atom stereocenters. The van der Waals surface area contributed by atoms with Crippen molar-refractivity contribution in [3.05, 3.63) is 22.8 Å². The van der Waals surface area contributed by atoms with Gasteiger partial charge in [0.2, 0.25) is 0 Å². The maximum absolute atomic E-state index is 11.8. The van der Waals surface area contributed by atoms with E-state index in [1.165, 1.54) is 5.57 Å². The second kappa shape index (κ2) is 4.22. The average molecular weight is 261 g/mol. The summed E-state index contributed by atoms with van der Waals surface area (Å²) < 4.78 is 5.63. The van der Waals surface area contributed by atoms with Crippen molar-refractivity contribution in [1.29, 1.82) is 0 Å². The lowest BCUT2D eigenvalue weighted by molar-refractivity contribution is -0.144. The quantitative estimate of drug-likeness (QED) is 0.414. The summed E-state index contributed by atoms with van der Waals surface area (Å²) in [6.45, 7) is 6.07. The van der Waals surface area contributed by atoms with Crippen LogP contribution in [0.5, 0.6) is 0 Å². The van der Waals surface area contributed by atoms with E-state index < -0.39 is 0 Å². The van der Waals surface area contributed by atoms with Gasteiger partial charge in [-0.3, -0.25) is 4.79 Å². The van der Waals surface area contributed by atoms with Gasteiger partial charge in [0.05, 0.1) is 5.92 Å². The SMILES string of the molecule is CC1=C/C(=N/O)C2=C(C)CC[C@@H]3[C@H](OC(=O)[C@H]3C)[C@@H]12. The predicted octanol–water partition coefficient (Wildman–Crippen LogP) is 2.68. The molecule has 0 unspecified atom stereocenters. The number of carbonyl (C=O) groups is 1. The monoisotopic (exact) mass is 261 g/mol. The molecule has 0 radical (unpaired) electrons. The molecule has 0 amide bonds. The van der Waals surface area contributed by atoms with E-state index in [0.29, 0.717) is 5.71 Å². The Balaban J connectivity index is 2.08. The Morgan fingerprint density at radius 1 is 1.42 bits per heavy atom. The number of esters is 1. The van der Waals surface area contributed by atoms with Crippen LogP contribution in [0.2, 0.25) is 0 Å². The first-order valence-corrected chi connectivity index (χ1v) is 6.85. The molecule has 4 nitrogen and oxygen atoms in total. The summed E-state index contributed by atoms with van der Waals surface area (Å²) in [7, 11) is 0. The normalized spacial score (nSPS) is 39.8. The summed E-state index contributed by atoms with van der Waals surface area (Å²) >= 11 is 0. The Labute approximate surface area is 112 Å². The van der Waals surface area contributed by atoms with Crippen LogP contribution in [0.3, 0.4) is 0 Å². The molecule has 2 aliphatic carbocycles. The number of hydrogen-bond donors (Lipinski definition) is 1. The van der Waals surface area contributed by atoms with Crippen LogP contribution in [-0.4, -0.2) is 23.0 Å². The molecule has 0 aromatic heterocycles. The summed E-state index contributed by atoms with van der Waals surface area (Å²) in [4.78, 5) is 11.8. The van der Waals surface area contributed by atoms with Crippen molar-refractivity contribution >= 4 is 11.7 Å². The van der Waals surface area contributed by atoms with Gasteiger partial charge in [-0.25, -0.2) is 0 Å². The molecule has 102 valence electrons. The van der Waals surface area contributed by atoms with E-state index in [1.54, 1.807) is 0 Å². The third-order valence-corrected chi connectivity index (χ3v) is 4.88. The maximum Gasteiger partial charge on any atom is 0.309 e. The van der Waals surface area contributed by atoms with Gasteiger partial charge < -0.3 is 9.94 Å². The Hall–Kier alpha value is -1.58. The van der Waals surface area contributed by atoms with Crippen LogP contribution in [-0.2, 0) is 9.53 Å². The molecule has 0 bridgehead atoms. The fourth-order valence-corrected chi connectivity index (χ4v) is 3.80. The van der Waals surface area contributed by atoms with E-state index in [0.717, 1.165) is 24.0 Å². The van der Waals surface area contributed by atoms with Gasteiger partial charge in [-0.2, -0.15) is 0 Å². The number of rotatable bonds is 0.